The molecule has 0 heterocycles. The predicted octanol–water partition coefficient (Wildman–Crippen LogP) is 4.12. The Morgan fingerprint density at radius 1 is 1.18 bits per heavy atom. The highest BCUT2D eigenvalue weighted by molar-refractivity contribution is 9.10. The molecule has 0 aliphatic carbocycles. The maximum Gasteiger partial charge on any atom is 0.387 e. The molecule has 0 atom stereocenters. The summed E-state index contributed by atoms with van der Waals surface area (Å²) >= 11 is 3.14. The van der Waals surface area contributed by atoms with E-state index in [1.54, 1.807) is 12.1 Å². The summed E-state index contributed by atoms with van der Waals surface area (Å²) in [5.74, 6) is -0.910. The number of hydrogen-bond donors (Lipinski definition) is 1. The van der Waals surface area contributed by atoms with E-state index in [1.807, 2.05) is 0 Å². The Hall–Kier alpha value is -2.02. The third kappa shape index (κ3) is 4.49. The summed E-state index contributed by atoms with van der Waals surface area (Å²) in [5, 5.41) is 2.55. The Morgan fingerprint density at radius 2 is 1.86 bits per heavy atom. The molecule has 0 saturated heterocycles. The summed E-state index contributed by atoms with van der Waals surface area (Å²) < 4.78 is 42.4. The molecule has 22 heavy (non-hydrogen) atoms. The number of amides is 1. The normalized spacial score (nSPS) is 10.6. The molecule has 2 aromatic carbocycles. The number of halogens is 4. The molecule has 0 aliphatic heterocycles. The van der Waals surface area contributed by atoms with E-state index in [0.717, 1.165) is 0 Å². The summed E-state index contributed by atoms with van der Waals surface area (Å²) in [6.07, 6.45) is 0. The Balaban J connectivity index is 1.97. The molecule has 2 rings (SSSR count). The van der Waals surface area contributed by atoms with Gasteiger partial charge in [0.05, 0.1) is 0 Å². The fraction of sp³-hybridized carbons (Fsp3) is 0.133. The molecule has 0 spiro atoms. The second kappa shape index (κ2) is 7.31. The molecule has 3 nitrogen and oxygen atoms in total. The summed E-state index contributed by atoms with van der Waals surface area (Å²) in [7, 11) is 0. The van der Waals surface area contributed by atoms with Crippen molar-refractivity contribution in [2.45, 2.75) is 13.2 Å². The Labute approximate surface area is 133 Å². The highest BCUT2D eigenvalue weighted by Gasteiger charge is 2.09. The Morgan fingerprint density at radius 3 is 2.45 bits per heavy atom. The topological polar surface area (TPSA) is 38.3 Å². The average Bonchev–Trinajstić information content (AvgIpc) is 2.46. The van der Waals surface area contributed by atoms with Crippen LogP contribution < -0.4 is 10.1 Å². The van der Waals surface area contributed by atoms with Crippen LogP contribution in [-0.2, 0) is 6.54 Å². The van der Waals surface area contributed by atoms with E-state index < -0.39 is 18.3 Å². The molecule has 0 fully saturated rings. The van der Waals surface area contributed by atoms with Crippen LogP contribution in [0.2, 0.25) is 0 Å². The fourth-order valence-corrected chi connectivity index (χ4v) is 2.06. The van der Waals surface area contributed by atoms with Crippen LogP contribution in [0.1, 0.15) is 15.9 Å². The number of alkyl halides is 2. The largest absolute Gasteiger partial charge is 0.435 e. The second-order valence-corrected chi connectivity index (χ2v) is 5.24. The number of ether oxygens (including phenoxy) is 1. The van der Waals surface area contributed by atoms with Gasteiger partial charge in [0, 0.05) is 22.1 Å². The van der Waals surface area contributed by atoms with Gasteiger partial charge in [0.15, 0.2) is 0 Å². The zero-order chi connectivity index (χ0) is 16.1. The van der Waals surface area contributed by atoms with E-state index in [2.05, 4.69) is 26.0 Å². The van der Waals surface area contributed by atoms with Crippen LogP contribution in [0.3, 0.4) is 0 Å². The van der Waals surface area contributed by atoms with Crippen LogP contribution in [-0.4, -0.2) is 12.5 Å². The van der Waals surface area contributed by atoms with Gasteiger partial charge in [-0.3, -0.25) is 4.79 Å². The van der Waals surface area contributed by atoms with E-state index in [1.165, 1.54) is 30.3 Å². The lowest BCUT2D eigenvalue weighted by Crippen LogP contribution is -2.23. The summed E-state index contributed by atoms with van der Waals surface area (Å²) in [5.41, 5.74) is 0.605. The SMILES string of the molecule is O=C(NCc1ccc(Br)cc1F)c1ccc(OC(F)F)cc1. The van der Waals surface area contributed by atoms with Gasteiger partial charge in [-0.15, -0.1) is 0 Å². The highest BCUT2D eigenvalue weighted by Crippen LogP contribution is 2.16. The van der Waals surface area contributed by atoms with Gasteiger partial charge in [0.2, 0.25) is 0 Å². The second-order valence-electron chi connectivity index (χ2n) is 4.32. The fourth-order valence-electron chi connectivity index (χ4n) is 1.73. The van der Waals surface area contributed by atoms with Crippen LogP contribution in [0.4, 0.5) is 13.2 Å². The van der Waals surface area contributed by atoms with Crippen molar-refractivity contribution in [1.29, 1.82) is 0 Å². The van der Waals surface area contributed by atoms with Gasteiger partial charge >= 0.3 is 6.61 Å². The first kappa shape index (κ1) is 16.4. The highest BCUT2D eigenvalue weighted by atomic mass is 79.9. The average molecular weight is 374 g/mol. The lowest BCUT2D eigenvalue weighted by Gasteiger charge is -2.08. The Kier molecular flexibility index (Phi) is 5.43. The minimum absolute atomic E-state index is 0.0211. The van der Waals surface area contributed by atoms with Gasteiger partial charge in [-0.1, -0.05) is 22.0 Å². The maximum absolute atomic E-state index is 13.6. The van der Waals surface area contributed by atoms with Crippen molar-refractivity contribution in [3.63, 3.8) is 0 Å². The zero-order valence-electron chi connectivity index (χ0n) is 11.2. The van der Waals surface area contributed by atoms with Gasteiger partial charge in [0.25, 0.3) is 5.91 Å². The van der Waals surface area contributed by atoms with Crippen molar-refractivity contribution >= 4 is 21.8 Å². The van der Waals surface area contributed by atoms with E-state index >= 15 is 0 Å². The Bertz CT molecular complexity index is 662. The van der Waals surface area contributed by atoms with Crippen LogP contribution >= 0.6 is 15.9 Å². The molecule has 0 aromatic heterocycles. The third-order valence-electron chi connectivity index (χ3n) is 2.80. The first-order valence-electron chi connectivity index (χ1n) is 6.22. The molecule has 0 saturated carbocycles. The molecular weight excluding hydrogens is 363 g/mol. The lowest BCUT2D eigenvalue weighted by atomic mass is 10.2. The monoisotopic (exact) mass is 373 g/mol. The van der Waals surface area contributed by atoms with E-state index in [9.17, 15) is 18.0 Å². The molecular formula is C15H11BrF3NO2. The summed E-state index contributed by atoms with van der Waals surface area (Å²) in [6.45, 7) is -2.90. The molecule has 0 bridgehead atoms. The standard InChI is InChI=1S/C15H11BrF3NO2/c16-11-4-1-10(13(17)7-11)8-20-14(21)9-2-5-12(6-3-9)22-15(18)19/h1-7,15H,8H2,(H,20,21). The number of carbonyl (C=O) groups is 1. The van der Waals surface area contributed by atoms with Gasteiger partial charge in [0.1, 0.15) is 11.6 Å². The van der Waals surface area contributed by atoms with Crippen LogP contribution in [0.15, 0.2) is 46.9 Å². The van der Waals surface area contributed by atoms with E-state index in [-0.39, 0.29) is 17.9 Å². The predicted molar refractivity (Wildman–Crippen MR) is 78.3 cm³/mol. The van der Waals surface area contributed by atoms with Crippen LogP contribution in [0.5, 0.6) is 5.75 Å². The van der Waals surface area contributed by atoms with E-state index in [0.29, 0.717) is 10.0 Å². The van der Waals surface area contributed by atoms with Crippen molar-refractivity contribution in [3.05, 3.63) is 63.9 Å². The molecule has 2 aromatic rings. The zero-order valence-corrected chi connectivity index (χ0v) is 12.7. The minimum atomic E-state index is -2.92. The quantitative estimate of drug-likeness (QED) is 0.855. The first-order valence-corrected chi connectivity index (χ1v) is 7.02. The number of hydrogen-bond acceptors (Lipinski definition) is 2. The number of carbonyl (C=O) groups excluding carboxylic acids is 1. The van der Waals surface area contributed by atoms with Gasteiger partial charge < -0.3 is 10.1 Å². The maximum atomic E-state index is 13.6. The van der Waals surface area contributed by atoms with Gasteiger partial charge in [-0.25, -0.2) is 4.39 Å². The third-order valence-corrected chi connectivity index (χ3v) is 3.29. The van der Waals surface area contributed by atoms with Crippen molar-refractivity contribution < 1.29 is 22.7 Å². The molecule has 116 valence electrons. The smallest absolute Gasteiger partial charge is 0.387 e. The van der Waals surface area contributed by atoms with E-state index in [4.69, 9.17) is 0 Å². The molecule has 1 N–H and O–H groups in total. The molecule has 0 aliphatic rings. The lowest BCUT2D eigenvalue weighted by molar-refractivity contribution is -0.0498. The minimum Gasteiger partial charge on any atom is -0.435 e. The van der Waals surface area contributed by atoms with Gasteiger partial charge in [-0.2, -0.15) is 8.78 Å². The number of nitrogens with one attached hydrogen (secondary N) is 1. The van der Waals surface area contributed by atoms with Crippen molar-refractivity contribution in [2.24, 2.45) is 0 Å². The number of rotatable bonds is 5. The van der Waals surface area contributed by atoms with Crippen molar-refractivity contribution in [3.8, 4) is 5.75 Å². The molecule has 0 radical (unpaired) electrons. The summed E-state index contributed by atoms with van der Waals surface area (Å²) in [6, 6.07) is 9.76. The van der Waals surface area contributed by atoms with Crippen molar-refractivity contribution in [2.75, 3.05) is 0 Å². The molecule has 1 amide bonds. The van der Waals surface area contributed by atoms with Crippen LogP contribution in [0.25, 0.3) is 0 Å². The summed E-state index contributed by atoms with van der Waals surface area (Å²) in [4.78, 5) is 11.9. The number of benzene rings is 2. The molecule has 0 unspecified atom stereocenters. The van der Waals surface area contributed by atoms with Crippen molar-refractivity contribution in [1.82, 2.24) is 5.32 Å². The first-order chi connectivity index (χ1) is 10.5. The molecule has 7 heteroatoms. The van der Waals surface area contributed by atoms with Crippen LogP contribution in [0, 0.1) is 5.82 Å². The van der Waals surface area contributed by atoms with Gasteiger partial charge in [-0.05, 0) is 36.4 Å².